The molecular formula is C16H25FN2O2. The van der Waals surface area contributed by atoms with Gasteiger partial charge in [0.25, 0.3) is 0 Å². The van der Waals surface area contributed by atoms with Crippen LogP contribution in [0.4, 0.5) is 4.39 Å². The van der Waals surface area contributed by atoms with Gasteiger partial charge in [0.15, 0.2) is 0 Å². The van der Waals surface area contributed by atoms with Crippen molar-refractivity contribution in [3.8, 4) is 0 Å². The molecule has 1 unspecified atom stereocenters. The first kappa shape index (κ1) is 16.4. The molecule has 1 saturated heterocycles. The van der Waals surface area contributed by atoms with Gasteiger partial charge in [0.2, 0.25) is 0 Å². The number of hydrogen-bond donors (Lipinski definition) is 2. The molecule has 1 aliphatic heterocycles. The average molecular weight is 296 g/mol. The first-order valence-corrected chi connectivity index (χ1v) is 7.51. The number of aliphatic hydroxyl groups excluding tert-OH is 1. The summed E-state index contributed by atoms with van der Waals surface area (Å²) in [7, 11) is 0. The number of ether oxygens (including phenoxy) is 1. The predicted molar refractivity (Wildman–Crippen MR) is 80.8 cm³/mol. The number of nitrogens with zero attached hydrogens (tertiary/aromatic N) is 1. The van der Waals surface area contributed by atoms with Crippen molar-refractivity contribution in [1.82, 2.24) is 10.2 Å². The molecule has 1 heterocycles. The Morgan fingerprint density at radius 1 is 1.29 bits per heavy atom. The van der Waals surface area contributed by atoms with Gasteiger partial charge in [-0.25, -0.2) is 4.39 Å². The van der Waals surface area contributed by atoms with Gasteiger partial charge in [0.1, 0.15) is 5.82 Å². The molecule has 4 nitrogen and oxygen atoms in total. The minimum absolute atomic E-state index is 0.133. The molecule has 21 heavy (non-hydrogen) atoms. The Labute approximate surface area is 125 Å². The third-order valence-corrected chi connectivity index (χ3v) is 3.78. The van der Waals surface area contributed by atoms with Gasteiger partial charge in [0, 0.05) is 32.7 Å². The summed E-state index contributed by atoms with van der Waals surface area (Å²) in [6.45, 7) is 8.65. The number of rotatable bonds is 6. The van der Waals surface area contributed by atoms with Crippen molar-refractivity contribution in [3.05, 3.63) is 34.6 Å². The fourth-order valence-corrected chi connectivity index (χ4v) is 2.67. The van der Waals surface area contributed by atoms with E-state index in [1.807, 2.05) is 12.1 Å². The summed E-state index contributed by atoms with van der Waals surface area (Å²) in [5.74, 6) is -0.133. The lowest BCUT2D eigenvalue weighted by Gasteiger charge is -2.28. The summed E-state index contributed by atoms with van der Waals surface area (Å²) in [6, 6.07) is 3.70. The van der Waals surface area contributed by atoms with Crippen LogP contribution in [-0.2, 0) is 11.3 Å². The first-order chi connectivity index (χ1) is 10.1. The number of aliphatic hydroxyl groups is 1. The molecule has 1 fully saturated rings. The second-order valence-corrected chi connectivity index (χ2v) is 5.74. The van der Waals surface area contributed by atoms with Gasteiger partial charge in [-0.1, -0.05) is 12.1 Å². The van der Waals surface area contributed by atoms with Crippen LogP contribution in [0.1, 0.15) is 16.7 Å². The fraction of sp³-hybridized carbons (Fsp3) is 0.625. The zero-order valence-corrected chi connectivity index (χ0v) is 12.9. The Bertz CT molecular complexity index is 439. The molecule has 0 aromatic heterocycles. The van der Waals surface area contributed by atoms with Crippen molar-refractivity contribution in [1.29, 1.82) is 0 Å². The van der Waals surface area contributed by atoms with Gasteiger partial charge < -0.3 is 15.2 Å². The van der Waals surface area contributed by atoms with Gasteiger partial charge >= 0.3 is 0 Å². The van der Waals surface area contributed by atoms with Gasteiger partial charge in [-0.15, -0.1) is 0 Å². The predicted octanol–water partition coefficient (Wildman–Crippen LogP) is 1.23. The van der Waals surface area contributed by atoms with Crippen LogP contribution in [0.15, 0.2) is 12.1 Å². The molecular weight excluding hydrogens is 271 g/mol. The topological polar surface area (TPSA) is 44.7 Å². The van der Waals surface area contributed by atoms with Gasteiger partial charge in [0.05, 0.1) is 19.3 Å². The summed E-state index contributed by atoms with van der Waals surface area (Å²) in [4.78, 5) is 2.21. The molecule has 0 spiro atoms. The highest BCUT2D eigenvalue weighted by molar-refractivity contribution is 5.30. The minimum atomic E-state index is -0.397. The zero-order valence-electron chi connectivity index (χ0n) is 12.9. The fourth-order valence-electron chi connectivity index (χ4n) is 2.67. The monoisotopic (exact) mass is 296 g/mol. The molecule has 1 aromatic rings. The van der Waals surface area contributed by atoms with E-state index in [2.05, 4.69) is 10.2 Å². The normalized spacial score (nSPS) is 17.9. The zero-order chi connectivity index (χ0) is 15.2. The molecule has 1 atom stereocenters. The van der Waals surface area contributed by atoms with Crippen molar-refractivity contribution < 1.29 is 14.2 Å². The summed E-state index contributed by atoms with van der Waals surface area (Å²) < 4.78 is 18.8. The Balaban J connectivity index is 1.73. The maximum Gasteiger partial charge on any atom is 0.129 e. The van der Waals surface area contributed by atoms with E-state index < -0.39 is 6.10 Å². The Kier molecular flexibility index (Phi) is 6.11. The molecule has 0 amide bonds. The Hall–Kier alpha value is -1.01. The van der Waals surface area contributed by atoms with Crippen LogP contribution in [-0.4, -0.2) is 55.5 Å². The van der Waals surface area contributed by atoms with E-state index in [1.54, 1.807) is 13.8 Å². The molecule has 2 N–H and O–H groups in total. The maximum atomic E-state index is 13.5. The van der Waals surface area contributed by atoms with Crippen molar-refractivity contribution in [3.63, 3.8) is 0 Å². The number of nitrogens with one attached hydrogen (secondary N) is 1. The molecule has 1 aliphatic rings. The number of β-amino-alcohol motifs (C(OH)–C–C–N with tert-alkyl or cyclic N) is 1. The SMILES string of the molecule is Cc1cc(CNCC(O)CN2CCOCC2)cc(C)c1F. The Morgan fingerprint density at radius 3 is 2.52 bits per heavy atom. The van der Waals surface area contributed by atoms with Crippen LogP contribution >= 0.6 is 0 Å². The lowest BCUT2D eigenvalue weighted by Crippen LogP contribution is -2.43. The van der Waals surface area contributed by atoms with Crippen molar-refractivity contribution in [2.24, 2.45) is 0 Å². The number of aryl methyl sites for hydroxylation is 2. The van der Waals surface area contributed by atoms with Crippen LogP contribution in [0.2, 0.25) is 0 Å². The van der Waals surface area contributed by atoms with E-state index in [-0.39, 0.29) is 5.82 Å². The van der Waals surface area contributed by atoms with Crippen LogP contribution in [0.3, 0.4) is 0 Å². The number of benzene rings is 1. The second kappa shape index (κ2) is 7.84. The molecule has 0 bridgehead atoms. The molecule has 0 saturated carbocycles. The molecule has 0 aliphatic carbocycles. The lowest BCUT2D eigenvalue weighted by atomic mass is 10.1. The third-order valence-electron chi connectivity index (χ3n) is 3.78. The minimum Gasteiger partial charge on any atom is -0.390 e. The first-order valence-electron chi connectivity index (χ1n) is 7.51. The van der Waals surface area contributed by atoms with Gasteiger partial charge in [-0.05, 0) is 30.5 Å². The number of morpholine rings is 1. The van der Waals surface area contributed by atoms with Crippen LogP contribution in [0.5, 0.6) is 0 Å². The summed E-state index contributed by atoms with van der Waals surface area (Å²) >= 11 is 0. The standard InChI is InChI=1S/C16H25FN2O2/c1-12-7-14(8-13(2)16(12)17)9-18-10-15(20)11-19-3-5-21-6-4-19/h7-8,15,18,20H,3-6,9-11H2,1-2H3. The van der Waals surface area contributed by atoms with Crippen LogP contribution < -0.4 is 5.32 Å². The van der Waals surface area contributed by atoms with Gasteiger partial charge in [-0.3, -0.25) is 4.90 Å². The van der Waals surface area contributed by atoms with E-state index >= 15 is 0 Å². The van der Waals surface area contributed by atoms with Gasteiger partial charge in [-0.2, -0.15) is 0 Å². The summed E-state index contributed by atoms with van der Waals surface area (Å²) in [5.41, 5.74) is 2.38. The van der Waals surface area contributed by atoms with E-state index in [1.165, 1.54) is 0 Å². The average Bonchev–Trinajstić information content (AvgIpc) is 2.45. The molecule has 1 aromatic carbocycles. The van der Waals surface area contributed by atoms with Crippen LogP contribution in [0, 0.1) is 19.7 Å². The molecule has 5 heteroatoms. The van der Waals surface area contributed by atoms with Crippen molar-refractivity contribution in [2.45, 2.75) is 26.5 Å². The van der Waals surface area contributed by atoms with E-state index in [0.29, 0.717) is 30.8 Å². The van der Waals surface area contributed by atoms with Crippen molar-refractivity contribution in [2.75, 3.05) is 39.4 Å². The van der Waals surface area contributed by atoms with Crippen LogP contribution in [0.25, 0.3) is 0 Å². The van der Waals surface area contributed by atoms with E-state index in [0.717, 1.165) is 31.9 Å². The largest absolute Gasteiger partial charge is 0.390 e. The summed E-state index contributed by atoms with van der Waals surface area (Å²) in [5, 5.41) is 13.3. The summed E-state index contributed by atoms with van der Waals surface area (Å²) in [6.07, 6.45) is -0.397. The maximum absolute atomic E-state index is 13.5. The highest BCUT2D eigenvalue weighted by Gasteiger charge is 2.14. The third kappa shape index (κ3) is 5.04. The highest BCUT2D eigenvalue weighted by Crippen LogP contribution is 2.14. The molecule has 0 radical (unpaired) electrons. The molecule has 118 valence electrons. The number of halogens is 1. The van der Waals surface area contributed by atoms with E-state index in [9.17, 15) is 9.50 Å². The van der Waals surface area contributed by atoms with Crippen molar-refractivity contribution >= 4 is 0 Å². The van der Waals surface area contributed by atoms with E-state index in [4.69, 9.17) is 4.74 Å². The quantitative estimate of drug-likeness (QED) is 0.829. The number of hydrogen-bond acceptors (Lipinski definition) is 4. The second-order valence-electron chi connectivity index (χ2n) is 5.74. The Morgan fingerprint density at radius 2 is 1.90 bits per heavy atom. The lowest BCUT2D eigenvalue weighted by molar-refractivity contribution is 0.0149. The smallest absolute Gasteiger partial charge is 0.129 e. The highest BCUT2D eigenvalue weighted by atomic mass is 19.1. The molecule has 2 rings (SSSR count).